The molecule has 0 radical (unpaired) electrons. The van der Waals surface area contributed by atoms with E-state index >= 15 is 0 Å². The molecule has 1 aliphatic heterocycles. The summed E-state index contributed by atoms with van der Waals surface area (Å²) in [4.78, 5) is 5.91. The Labute approximate surface area is 126 Å². The van der Waals surface area contributed by atoms with Crippen molar-refractivity contribution in [3.8, 4) is 0 Å². The van der Waals surface area contributed by atoms with Crippen LogP contribution >= 0.6 is 11.6 Å². The second-order valence-corrected chi connectivity index (χ2v) is 5.43. The highest BCUT2D eigenvalue weighted by atomic mass is 35.5. The van der Waals surface area contributed by atoms with E-state index in [9.17, 15) is 8.78 Å². The van der Waals surface area contributed by atoms with Gasteiger partial charge in [-0.1, -0.05) is 17.7 Å². The van der Waals surface area contributed by atoms with Crippen molar-refractivity contribution in [1.82, 2.24) is 4.98 Å². The lowest BCUT2D eigenvalue weighted by Crippen LogP contribution is -2.26. The van der Waals surface area contributed by atoms with Crippen molar-refractivity contribution >= 4 is 23.1 Å². The predicted octanol–water partition coefficient (Wildman–Crippen LogP) is 3.70. The first-order valence-electron chi connectivity index (χ1n) is 6.71. The molecule has 0 spiro atoms. The predicted molar refractivity (Wildman–Crippen MR) is 79.8 cm³/mol. The van der Waals surface area contributed by atoms with Crippen LogP contribution in [0, 0.1) is 11.8 Å². The first-order chi connectivity index (χ1) is 10.1. The third-order valence-electron chi connectivity index (χ3n) is 3.52. The zero-order valence-electron chi connectivity index (χ0n) is 11.2. The molecule has 0 bridgehead atoms. The van der Waals surface area contributed by atoms with Gasteiger partial charge in [0.25, 0.3) is 0 Å². The number of aromatic nitrogens is 1. The molecule has 110 valence electrons. The number of pyridine rings is 1. The molecule has 1 fully saturated rings. The highest BCUT2D eigenvalue weighted by Gasteiger charge is 2.23. The maximum absolute atomic E-state index is 13.2. The van der Waals surface area contributed by atoms with E-state index in [0.717, 1.165) is 25.2 Å². The Morgan fingerprint density at radius 2 is 2.10 bits per heavy atom. The van der Waals surface area contributed by atoms with Crippen molar-refractivity contribution < 1.29 is 8.78 Å². The van der Waals surface area contributed by atoms with Gasteiger partial charge < -0.3 is 10.2 Å². The minimum atomic E-state index is -0.500. The van der Waals surface area contributed by atoms with Crippen molar-refractivity contribution in [2.75, 3.05) is 23.3 Å². The monoisotopic (exact) mass is 309 g/mol. The Morgan fingerprint density at radius 1 is 1.24 bits per heavy atom. The van der Waals surface area contributed by atoms with E-state index in [4.69, 9.17) is 11.6 Å². The molecule has 1 saturated heterocycles. The third-order valence-corrected chi connectivity index (χ3v) is 3.81. The molecule has 1 aromatic heterocycles. The molecule has 1 unspecified atom stereocenters. The average molecular weight is 310 g/mol. The van der Waals surface area contributed by atoms with Crippen LogP contribution in [0.3, 0.4) is 0 Å². The van der Waals surface area contributed by atoms with Crippen molar-refractivity contribution in [2.24, 2.45) is 0 Å². The van der Waals surface area contributed by atoms with Crippen LogP contribution in [-0.2, 0) is 0 Å². The van der Waals surface area contributed by atoms with E-state index in [0.29, 0.717) is 5.82 Å². The molecule has 0 aliphatic carbocycles. The molecule has 1 N–H and O–H groups in total. The van der Waals surface area contributed by atoms with Gasteiger partial charge in [0.2, 0.25) is 5.95 Å². The van der Waals surface area contributed by atoms with Crippen LogP contribution in [0.5, 0.6) is 0 Å². The van der Waals surface area contributed by atoms with Gasteiger partial charge in [0.1, 0.15) is 11.6 Å². The number of benzene rings is 1. The fraction of sp³-hybridized carbons (Fsp3) is 0.267. The van der Waals surface area contributed by atoms with Gasteiger partial charge in [-0.3, -0.25) is 0 Å². The summed E-state index contributed by atoms with van der Waals surface area (Å²) in [5.41, 5.74) is 0.887. The summed E-state index contributed by atoms with van der Waals surface area (Å²) in [6.07, 6.45) is 0.896. The van der Waals surface area contributed by atoms with Crippen molar-refractivity contribution in [3.63, 3.8) is 0 Å². The molecule has 3 rings (SSSR count). The van der Waals surface area contributed by atoms with E-state index in [2.05, 4.69) is 15.2 Å². The molecule has 21 heavy (non-hydrogen) atoms. The molecule has 1 aliphatic rings. The molecule has 1 atom stereocenters. The molecule has 6 heteroatoms. The summed E-state index contributed by atoms with van der Waals surface area (Å²) < 4.78 is 26.2. The first kappa shape index (κ1) is 14.1. The van der Waals surface area contributed by atoms with Crippen molar-refractivity contribution in [3.05, 3.63) is 53.2 Å². The molecular weight excluding hydrogens is 296 g/mol. The summed E-state index contributed by atoms with van der Waals surface area (Å²) in [5.74, 6) is -0.391. The normalized spacial score (nSPS) is 18.0. The van der Waals surface area contributed by atoms with Gasteiger partial charge >= 0.3 is 0 Å². The zero-order valence-corrected chi connectivity index (χ0v) is 11.9. The van der Waals surface area contributed by atoms with Gasteiger partial charge in [0.15, 0.2) is 0 Å². The summed E-state index contributed by atoms with van der Waals surface area (Å²) in [5, 5.41) is 3.33. The maximum Gasteiger partial charge on any atom is 0.214 e. The van der Waals surface area contributed by atoms with E-state index in [1.54, 1.807) is 24.3 Å². The van der Waals surface area contributed by atoms with Crippen LogP contribution in [0.2, 0.25) is 5.02 Å². The Bertz CT molecular complexity index is 651. The molecule has 0 amide bonds. The van der Waals surface area contributed by atoms with Gasteiger partial charge in [-0.2, -0.15) is 4.39 Å². The molecule has 0 saturated carbocycles. The largest absolute Gasteiger partial charge is 0.369 e. The van der Waals surface area contributed by atoms with Crippen LogP contribution in [0.25, 0.3) is 0 Å². The lowest BCUT2D eigenvalue weighted by molar-refractivity contribution is 0.584. The fourth-order valence-electron chi connectivity index (χ4n) is 2.49. The van der Waals surface area contributed by atoms with Crippen LogP contribution < -0.4 is 10.2 Å². The van der Waals surface area contributed by atoms with Crippen molar-refractivity contribution in [1.29, 1.82) is 0 Å². The zero-order chi connectivity index (χ0) is 14.8. The first-order valence-corrected chi connectivity index (χ1v) is 7.09. The Balaban J connectivity index is 1.66. The van der Waals surface area contributed by atoms with Crippen LogP contribution in [-0.4, -0.2) is 24.1 Å². The topological polar surface area (TPSA) is 28.2 Å². The lowest BCUT2D eigenvalue weighted by atomic mass is 10.2. The molecule has 2 aromatic rings. The highest BCUT2D eigenvalue weighted by Crippen LogP contribution is 2.26. The Kier molecular flexibility index (Phi) is 3.92. The number of hydrogen-bond donors (Lipinski definition) is 1. The number of anilines is 2. The number of halogens is 3. The number of rotatable bonds is 3. The van der Waals surface area contributed by atoms with Gasteiger partial charge in [-0.25, -0.2) is 9.37 Å². The smallest absolute Gasteiger partial charge is 0.214 e. The minimum Gasteiger partial charge on any atom is -0.369 e. The van der Waals surface area contributed by atoms with Crippen LogP contribution in [0.1, 0.15) is 6.42 Å². The van der Waals surface area contributed by atoms with Gasteiger partial charge in [0.05, 0.1) is 5.02 Å². The highest BCUT2D eigenvalue weighted by molar-refractivity contribution is 6.31. The lowest BCUT2D eigenvalue weighted by Gasteiger charge is -2.19. The van der Waals surface area contributed by atoms with Gasteiger partial charge in [-0.05, 0) is 36.8 Å². The summed E-state index contributed by atoms with van der Waals surface area (Å²) in [6.45, 7) is 1.56. The Hall–Kier alpha value is -1.88. The van der Waals surface area contributed by atoms with E-state index in [1.165, 1.54) is 12.1 Å². The third kappa shape index (κ3) is 3.24. The quantitative estimate of drug-likeness (QED) is 0.876. The average Bonchev–Trinajstić information content (AvgIpc) is 2.90. The second kappa shape index (κ2) is 5.85. The van der Waals surface area contributed by atoms with Gasteiger partial charge in [-0.15, -0.1) is 0 Å². The van der Waals surface area contributed by atoms with Crippen LogP contribution in [0.4, 0.5) is 20.3 Å². The minimum absolute atomic E-state index is 0.121. The molecule has 3 nitrogen and oxygen atoms in total. The van der Waals surface area contributed by atoms with Crippen LogP contribution in [0.15, 0.2) is 36.4 Å². The van der Waals surface area contributed by atoms with Crippen molar-refractivity contribution in [2.45, 2.75) is 12.5 Å². The maximum atomic E-state index is 13.2. The van der Waals surface area contributed by atoms with E-state index in [1.807, 2.05) is 0 Å². The second-order valence-electron chi connectivity index (χ2n) is 5.02. The fourth-order valence-corrected chi connectivity index (χ4v) is 2.67. The van der Waals surface area contributed by atoms with E-state index in [-0.39, 0.29) is 11.1 Å². The molecule has 1 aromatic carbocycles. The molecular formula is C15H14ClF2N3. The molecule has 2 heterocycles. The SMILES string of the molecule is Fc1cccc(NC2CCN(c3ccc(F)c(Cl)c3)C2)n1. The summed E-state index contributed by atoms with van der Waals surface area (Å²) in [7, 11) is 0. The van der Waals surface area contributed by atoms with E-state index < -0.39 is 11.8 Å². The summed E-state index contributed by atoms with van der Waals surface area (Å²) in [6, 6.07) is 9.55. The van der Waals surface area contributed by atoms with Gasteiger partial charge in [0, 0.05) is 24.8 Å². The number of nitrogens with zero attached hydrogens (tertiary/aromatic N) is 2. The number of nitrogens with one attached hydrogen (secondary N) is 1. The summed E-state index contributed by atoms with van der Waals surface area (Å²) >= 11 is 5.81. The number of hydrogen-bond acceptors (Lipinski definition) is 3. The standard InChI is InChI=1S/C15H14ClF2N3/c16-12-8-11(4-5-13(12)17)21-7-6-10(9-21)19-15-3-1-2-14(18)20-15/h1-5,8,10H,6-7,9H2,(H,19,20). The Morgan fingerprint density at radius 3 is 2.86 bits per heavy atom.